The highest BCUT2D eigenvalue weighted by Gasteiger charge is 2.13. The minimum Gasteiger partial charge on any atom is -0.492 e. The Hall–Kier alpha value is -1.90. The number of aromatic nitrogens is 3. The van der Waals surface area contributed by atoms with Crippen molar-refractivity contribution in [3.8, 4) is 17.3 Å². The van der Waals surface area contributed by atoms with E-state index >= 15 is 0 Å². The molecule has 25 heavy (non-hydrogen) atoms. The van der Waals surface area contributed by atoms with Gasteiger partial charge in [0.2, 0.25) is 0 Å². The fourth-order valence-corrected chi connectivity index (χ4v) is 2.80. The van der Waals surface area contributed by atoms with Crippen molar-refractivity contribution in [2.75, 3.05) is 20.2 Å². The molecule has 132 valence electrons. The molecule has 3 aromatic rings. The minimum atomic E-state index is 0.580. The summed E-state index contributed by atoms with van der Waals surface area (Å²) in [6.07, 6.45) is 1.63. The molecule has 0 aliphatic carbocycles. The SMILES string of the molecule is CN(CCOc1ccc(Br)cc1)Cn1nc(-c2ccco2)n(C)c1=S. The van der Waals surface area contributed by atoms with Gasteiger partial charge in [0, 0.05) is 18.1 Å². The van der Waals surface area contributed by atoms with Crippen LogP contribution in [0.25, 0.3) is 11.6 Å². The zero-order valence-electron chi connectivity index (χ0n) is 14.1. The first kappa shape index (κ1) is 17.9. The normalized spacial score (nSPS) is 11.2. The van der Waals surface area contributed by atoms with Crippen LogP contribution in [-0.4, -0.2) is 39.4 Å². The average Bonchev–Trinajstić information content (AvgIpc) is 3.21. The lowest BCUT2D eigenvalue weighted by molar-refractivity contribution is 0.198. The highest BCUT2D eigenvalue weighted by atomic mass is 79.9. The molecule has 0 saturated carbocycles. The van der Waals surface area contributed by atoms with Crippen molar-refractivity contribution in [3.05, 3.63) is 51.9 Å². The molecule has 2 aromatic heterocycles. The van der Waals surface area contributed by atoms with Crippen molar-refractivity contribution >= 4 is 28.1 Å². The zero-order valence-corrected chi connectivity index (χ0v) is 16.5. The van der Waals surface area contributed by atoms with E-state index in [9.17, 15) is 0 Å². The van der Waals surface area contributed by atoms with Gasteiger partial charge in [-0.2, -0.15) is 0 Å². The highest BCUT2D eigenvalue weighted by Crippen LogP contribution is 2.18. The Labute approximate surface area is 159 Å². The monoisotopic (exact) mass is 422 g/mol. The summed E-state index contributed by atoms with van der Waals surface area (Å²) in [6, 6.07) is 11.5. The second-order valence-electron chi connectivity index (χ2n) is 5.67. The molecule has 0 N–H and O–H groups in total. The van der Waals surface area contributed by atoms with Crippen molar-refractivity contribution in [1.82, 2.24) is 19.2 Å². The van der Waals surface area contributed by atoms with Gasteiger partial charge < -0.3 is 13.7 Å². The molecule has 6 nitrogen and oxygen atoms in total. The van der Waals surface area contributed by atoms with Crippen LogP contribution in [-0.2, 0) is 13.7 Å². The number of halogens is 1. The van der Waals surface area contributed by atoms with Crippen molar-refractivity contribution in [1.29, 1.82) is 0 Å². The van der Waals surface area contributed by atoms with Gasteiger partial charge >= 0.3 is 0 Å². The van der Waals surface area contributed by atoms with Crippen molar-refractivity contribution in [2.45, 2.75) is 6.67 Å². The van der Waals surface area contributed by atoms with Crippen LogP contribution < -0.4 is 4.74 Å². The second-order valence-corrected chi connectivity index (χ2v) is 6.95. The van der Waals surface area contributed by atoms with Crippen LogP contribution in [0, 0.1) is 4.77 Å². The van der Waals surface area contributed by atoms with Crippen LogP contribution in [0.1, 0.15) is 0 Å². The Balaban J connectivity index is 1.58. The van der Waals surface area contributed by atoms with Gasteiger partial charge in [0.05, 0.1) is 12.9 Å². The highest BCUT2D eigenvalue weighted by molar-refractivity contribution is 9.10. The third-order valence-electron chi connectivity index (χ3n) is 3.71. The second kappa shape index (κ2) is 7.99. The van der Waals surface area contributed by atoms with Gasteiger partial charge in [-0.25, -0.2) is 4.68 Å². The fourth-order valence-electron chi connectivity index (χ4n) is 2.35. The molecular formula is C17H19BrN4O2S. The molecule has 0 bridgehead atoms. The number of hydrogen-bond donors (Lipinski definition) is 0. The molecule has 3 rings (SSSR count). The lowest BCUT2D eigenvalue weighted by Crippen LogP contribution is -2.27. The number of nitrogens with zero attached hydrogens (tertiary/aromatic N) is 4. The third kappa shape index (κ3) is 4.39. The maximum atomic E-state index is 5.75. The summed E-state index contributed by atoms with van der Waals surface area (Å²) >= 11 is 8.88. The predicted octanol–water partition coefficient (Wildman–Crippen LogP) is 3.94. The summed E-state index contributed by atoms with van der Waals surface area (Å²) in [5, 5.41) is 4.56. The van der Waals surface area contributed by atoms with Crippen LogP contribution >= 0.6 is 28.1 Å². The van der Waals surface area contributed by atoms with Gasteiger partial charge in [-0.15, -0.1) is 5.10 Å². The smallest absolute Gasteiger partial charge is 0.199 e. The molecule has 0 saturated heterocycles. The Kier molecular flexibility index (Phi) is 5.72. The number of benzene rings is 1. The first-order valence-corrected chi connectivity index (χ1v) is 8.99. The average molecular weight is 423 g/mol. The molecule has 0 fully saturated rings. The van der Waals surface area contributed by atoms with Crippen LogP contribution in [0.3, 0.4) is 0 Å². The first-order chi connectivity index (χ1) is 12.0. The van der Waals surface area contributed by atoms with Gasteiger partial charge in [-0.3, -0.25) is 4.90 Å². The fraction of sp³-hybridized carbons (Fsp3) is 0.294. The zero-order chi connectivity index (χ0) is 17.8. The largest absolute Gasteiger partial charge is 0.492 e. The molecule has 1 aromatic carbocycles. The summed E-state index contributed by atoms with van der Waals surface area (Å²) < 4.78 is 16.5. The first-order valence-electron chi connectivity index (χ1n) is 7.79. The Morgan fingerprint density at radius 1 is 1.28 bits per heavy atom. The molecule has 0 radical (unpaired) electrons. The molecule has 0 unspecified atom stereocenters. The summed E-state index contributed by atoms with van der Waals surface area (Å²) in [6.45, 7) is 1.92. The predicted molar refractivity (Wildman–Crippen MR) is 102 cm³/mol. The topological polar surface area (TPSA) is 48.4 Å². The Morgan fingerprint density at radius 3 is 2.72 bits per heavy atom. The Bertz CT molecular complexity index is 871. The van der Waals surface area contributed by atoms with E-state index in [1.807, 2.05) is 55.1 Å². The molecule has 0 aliphatic rings. The summed E-state index contributed by atoms with van der Waals surface area (Å²) in [7, 11) is 3.90. The summed E-state index contributed by atoms with van der Waals surface area (Å²) in [5.41, 5.74) is 0. The number of furan rings is 1. The maximum Gasteiger partial charge on any atom is 0.199 e. The molecule has 8 heteroatoms. The third-order valence-corrected chi connectivity index (χ3v) is 4.73. The number of likely N-dealkylation sites (N-methyl/N-ethyl adjacent to an activating group) is 1. The van der Waals surface area contributed by atoms with E-state index in [2.05, 4.69) is 25.9 Å². The van der Waals surface area contributed by atoms with Gasteiger partial charge in [0.15, 0.2) is 16.4 Å². The van der Waals surface area contributed by atoms with Crippen LogP contribution in [0.2, 0.25) is 0 Å². The van der Waals surface area contributed by atoms with Crippen molar-refractivity contribution in [3.63, 3.8) is 0 Å². The van der Waals surface area contributed by atoms with Gasteiger partial charge in [-0.1, -0.05) is 15.9 Å². The quantitative estimate of drug-likeness (QED) is 0.539. The van der Waals surface area contributed by atoms with E-state index in [-0.39, 0.29) is 0 Å². The van der Waals surface area contributed by atoms with Crippen LogP contribution in [0.15, 0.2) is 51.6 Å². The maximum absolute atomic E-state index is 5.75. The van der Waals surface area contributed by atoms with Gasteiger partial charge in [0.25, 0.3) is 0 Å². The van der Waals surface area contributed by atoms with E-state index in [1.165, 1.54) is 0 Å². The molecular weight excluding hydrogens is 404 g/mol. The minimum absolute atomic E-state index is 0.580. The van der Waals surface area contributed by atoms with E-state index in [4.69, 9.17) is 21.4 Å². The van der Waals surface area contributed by atoms with Crippen molar-refractivity contribution in [2.24, 2.45) is 7.05 Å². The van der Waals surface area contributed by atoms with E-state index < -0.39 is 0 Å². The van der Waals surface area contributed by atoms with E-state index in [0.29, 0.717) is 23.8 Å². The molecule has 2 heterocycles. The molecule has 0 aliphatic heterocycles. The van der Waals surface area contributed by atoms with Crippen LogP contribution in [0.4, 0.5) is 0 Å². The summed E-state index contributed by atoms with van der Waals surface area (Å²) in [5.74, 6) is 2.27. The summed E-state index contributed by atoms with van der Waals surface area (Å²) in [4.78, 5) is 2.10. The number of ether oxygens (including phenoxy) is 1. The lowest BCUT2D eigenvalue weighted by Gasteiger charge is -2.16. The van der Waals surface area contributed by atoms with E-state index in [1.54, 1.807) is 10.9 Å². The van der Waals surface area contributed by atoms with Crippen molar-refractivity contribution < 1.29 is 9.15 Å². The van der Waals surface area contributed by atoms with Gasteiger partial charge in [0.1, 0.15) is 12.4 Å². The molecule has 0 spiro atoms. The molecule has 0 atom stereocenters. The van der Waals surface area contributed by atoms with E-state index in [0.717, 1.165) is 22.6 Å². The molecule has 0 amide bonds. The van der Waals surface area contributed by atoms with Crippen LogP contribution in [0.5, 0.6) is 5.75 Å². The lowest BCUT2D eigenvalue weighted by atomic mass is 10.3. The van der Waals surface area contributed by atoms with Gasteiger partial charge in [-0.05, 0) is 55.7 Å². The number of rotatable bonds is 7. The standard InChI is InChI=1S/C17H19BrN4O2S/c1-20(9-11-23-14-7-5-13(18)6-8-14)12-22-17(25)21(2)16(19-22)15-4-3-10-24-15/h3-8,10H,9,11-12H2,1-2H3. The Morgan fingerprint density at radius 2 is 2.04 bits per heavy atom. The number of hydrogen-bond acceptors (Lipinski definition) is 5.